The molecule has 0 unspecified atom stereocenters. The monoisotopic (exact) mass is 478 g/mol. The molecular formula is C27H38N6O2. The molecule has 1 aliphatic carbocycles. The lowest BCUT2D eigenvalue weighted by atomic mass is 9.89. The summed E-state index contributed by atoms with van der Waals surface area (Å²) in [4.78, 5) is 14.6. The second-order valence-electron chi connectivity index (χ2n) is 10.8. The summed E-state index contributed by atoms with van der Waals surface area (Å²) in [6, 6.07) is 10.0. The Morgan fingerprint density at radius 3 is 2.77 bits per heavy atom. The van der Waals surface area contributed by atoms with Gasteiger partial charge in [-0.15, -0.1) is 0 Å². The summed E-state index contributed by atoms with van der Waals surface area (Å²) in [5.74, 6) is 1.73. The maximum Gasteiger partial charge on any atom is 0.321 e. The molecule has 0 amide bonds. The predicted octanol–water partition coefficient (Wildman–Crippen LogP) is 1.81. The summed E-state index contributed by atoms with van der Waals surface area (Å²) in [6.45, 7) is 5.45. The molecule has 1 spiro atoms. The SMILES string of the molecule is CNC[C@H]1CN(c2nc(OC[C@@H]3CCCN3C)nc3c2CCC2(Cc4ccccc4C2)O3)CCN1. The van der Waals surface area contributed by atoms with Crippen LogP contribution in [-0.4, -0.2) is 86.0 Å². The Bertz CT molecular complexity index is 1030. The number of likely N-dealkylation sites (tertiary alicyclic amines) is 1. The Morgan fingerprint density at radius 2 is 2.03 bits per heavy atom. The van der Waals surface area contributed by atoms with Crippen molar-refractivity contribution in [2.24, 2.45) is 0 Å². The lowest BCUT2D eigenvalue weighted by Gasteiger charge is -2.39. The van der Waals surface area contributed by atoms with Crippen molar-refractivity contribution in [2.45, 2.75) is 56.2 Å². The standard InChI is InChI=1S/C27H38N6O2/c1-28-16-21-17-33(13-11-29-21)24-23-9-10-27(14-19-6-3-4-7-20(19)15-27)35-25(23)31-26(30-24)34-18-22-8-5-12-32(22)2/h3-4,6-7,21-22,28-29H,5,8-18H2,1-2H3/t21-,22-/m0/s1. The van der Waals surface area contributed by atoms with Crippen LogP contribution in [0.25, 0.3) is 0 Å². The van der Waals surface area contributed by atoms with Gasteiger partial charge in [0.2, 0.25) is 5.88 Å². The zero-order valence-corrected chi connectivity index (χ0v) is 21.1. The fraction of sp³-hybridized carbons (Fsp3) is 0.630. The fourth-order valence-electron chi connectivity index (χ4n) is 6.34. The first kappa shape index (κ1) is 23.0. The first-order chi connectivity index (χ1) is 17.1. The third-order valence-corrected chi connectivity index (χ3v) is 8.30. The van der Waals surface area contributed by atoms with E-state index >= 15 is 0 Å². The van der Waals surface area contributed by atoms with Crippen molar-refractivity contribution in [1.29, 1.82) is 0 Å². The largest absolute Gasteiger partial charge is 0.470 e. The minimum atomic E-state index is -0.205. The Kier molecular flexibility index (Phi) is 6.28. The summed E-state index contributed by atoms with van der Waals surface area (Å²) in [5.41, 5.74) is 3.75. The van der Waals surface area contributed by atoms with E-state index in [9.17, 15) is 0 Å². The fourth-order valence-corrected chi connectivity index (χ4v) is 6.34. The molecule has 4 aliphatic rings. The number of hydrogen-bond donors (Lipinski definition) is 2. The molecule has 4 heterocycles. The van der Waals surface area contributed by atoms with Crippen molar-refractivity contribution in [3.05, 3.63) is 41.0 Å². The van der Waals surface area contributed by atoms with E-state index in [1.165, 1.54) is 17.5 Å². The lowest BCUT2D eigenvalue weighted by molar-refractivity contribution is 0.0494. The molecule has 2 N–H and O–H groups in total. The van der Waals surface area contributed by atoms with Crippen molar-refractivity contribution in [1.82, 2.24) is 25.5 Å². The Balaban J connectivity index is 1.29. The molecule has 188 valence electrons. The molecule has 0 bridgehead atoms. The Hall–Kier alpha value is -2.42. The van der Waals surface area contributed by atoms with Crippen LogP contribution in [0.4, 0.5) is 5.82 Å². The van der Waals surface area contributed by atoms with Gasteiger partial charge in [-0.25, -0.2) is 0 Å². The van der Waals surface area contributed by atoms with Crippen LogP contribution in [0.5, 0.6) is 11.9 Å². The summed E-state index contributed by atoms with van der Waals surface area (Å²) in [6.07, 6.45) is 6.21. The smallest absolute Gasteiger partial charge is 0.321 e. The van der Waals surface area contributed by atoms with E-state index in [1.807, 2.05) is 7.05 Å². The van der Waals surface area contributed by atoms with Crippen LogP contribution < -0.4 is 25.0 Å². The van der Waals surface area contributed by atoms with Crippen LogP contribution in [0.15, 0.2) is 24.3 Å². The first-order valence-electron chi connectivity index (χ1n) is 13.3. The second-order valence-corrected chi connectivity index (χ2v) is 10.8. The molecule has 8 heteroatoms. The van der Waals surface area contributed by atoms with Crippen molar-refractivity contribution in [3.63, 3.8) is 0 Å². The number of ether oxygens (including phenoxy) is 2. The molecule has 1 aromatic carbocycles. The number of nitrogens with zero attached hydrogens (tertiary/aromatic N) is 4. The number of anilines is 1. The van der Waals surface area contributed by atoms with Crippen LogP contribution >= 0.6 is 0 Å². The highest BCUT2D eigenvalue weighted by Gasteiger charge is 2.44. The highest BCUT2D eigenvalue weighted by molar-refractivity contribution is 5.55. The number of fused-ring (bicyclic) bond motifs is 2. The highest BCUT2D eigenvalue weighted by Crippen LogP contribution is 2.44. The maximum absolute atomic E-state index is 6.81. The normalized spacial score (nSPS) is 25.4. The molecule has 3 aliphatic heterocycles. The molecule has 2 atom stereocenters. The van der Waals surface area contributed by atoms with Gasteiger partial charge in [-0.2, -0.15) is 9.97 Å². The van der Waals surface area contributed by atoms with Crippen LogP contribution in [0.3, 0.4) is 0 Å². The molecule has 6 rings (SSSR count). The van der Waals surface area contributed by atoms with E-state index in [0.29, 0.717) is 24.7 Å². The van der Waals surface area contributed by atoms with E-state index in [0.717, 1.165) is 82.1 Å². The highest BCUT2D eigenvalue weighted by atomic mass is 16.5. The molecule has 35 heavy (non-hydrogen) atoms. The van der Waals surface area contributed by atoms with Crippen LogP contribution in [0.1, 0.15) is 36.0 Å². The molecule has 0 radical (unpaired) electrons. The summed E-state index contributed by atoms with van der Waals surface area (Å²) >= 11 is 0. The third-order valence-electron chi connectivity index (χ3n) is 8.30. The number of benzene rings is 1. The molecule has 8 nitrogen and oxygen atoms in total. The van der Waals surface area contributed by atoms with Gasteiger partial charge in [0.25, 0.3) is 0 Å². The number of hydrogen-bond acceptors (Lipinski definition) is 8. The van der Waals surface area contributed by atoms with E-state index in [1.54, 1.807) is 0 Å². The molecule has 2 aromatic rings. The predicted molar refractivity (Wildman–Crippen MR) is 137 cm³/mol. The first-order valence-corrected chi connectivity index (χ1v) is 13.3. The van der Waals surface area contributed by atoms with Gasteiger partial charge in [0.15, 0.2) is 0 Å². The summed E-state index contributed by atoms with van der Waals surface area (Å²) < 4.78 is 13.1. The third kappa shape index (κ3) is 4.59. The Labute approximate surface area is 208 Å². The number of aromatic nitrogens is 2. The molecule has 0 saturated carbocycles. The van der Waals surface area contributed by atoms with Crippen molar-refractivity contribution >= 4 is 5.82 Å². The maximum atomic E-state index is 6.81. The zero-order chi connectivity index (χ0) is 23.8. The van der Waals surface area contributed by atoms with E-state index in [4.69, 9.17) is 19.4 Å². The van der Waals surface area contributed by atoms with E-state index in [-0.39, 0.29) is 5.60 Å². The van der Waals surface area contributed by atoms with Gasteiger partial charge in [-0.05, 0) is 57.5 Å². The molecule has 2 saturated heterocycles. The van der Waals surface area contributed by atoms with Crippen molar-refractivity contribution in [2.75, 3.05) is 58.3 Å². The van der Waals surface area contributed by atoms with Crippen molar-refractivity contribution < 1.29 is 9.47 Å². The number of piperazine rings is 1. The molecule has 1 aromatic heterocycles. The average molecular weight is 479 g/mol. The number of nitrogens with one attached hydrogen (secondary N) is 2. The van der Waals surface area contributed by atoms with Gasteiger partial charge in [0, 0.05) is 51.1 Å². The minimum Gasteiger partial charge on any atom is -0.470 e. The van der Waals surface area contributed by atoms with Gasteiger partial charge >= 0.3 is 6.01 Å². The number of likely N-dealkylation sites (N-methyl/N-ethyl adjacent to an activating group) is 2. The molecule has 2 fully saturated rings. The molecular weight excluding hydrogens is 440 g/mol. The van der Waals surface area contributed by atoms with Gasteiger partial charge in [0.1, 0.15) is 18.0 Å². The van der Waals surface area contributed by atoms with Gasteiger partial charge in [-0.3, -0.25) is 0 Å². The topological polar surface area (TPSA) is 74.8 Å². The quantitative estimate of drug-likeness (QED) is 0.651. The summed E-state index contributed by atoms with van der Waals surface area (Å²) in [5, 5.41) is 6.92. The summed E-state index contributed by atoms with van der Waals surface area (Å²) in [7, 11) is 4.18. The van der Waals surface area contributed by atoms with Crippen LogP contribution in [0.2, 0.25) is 0 Å². The second kappa shape index (κ2) is 9.56. The Morgan fingerprint density at radius 1 is 1.20 bits per heavy atom. The van der Waals surface area contributed by atoms with Crippen LogP contribution in [-0.2, 0) is 19.3 Å². The average Bonchev–Trinajstić information content (AvgIpc) is 3.44. The van der Waals surface area contributed by atoms with Crippen molar-refractivity contribution in [3.8, 4) is 11.9 Å². The number of rotatable bonds is 6. The van der Waals surface area contributed by atoms with Crippen LogP contribution in [0, 0.1) is 0 Å². The zero-order valence-electron chi connectivity index (χ0n) is 21.1. The van der Waals surface area contributed by atoms with Gasteiger partial charge in [-0.1, -0.05) is 24.3 Å². The van der Waals surface area contributed by atoms with E-state index in [2.05, 4.69) is 51.7 Å². The minimum absolute atomic E-state index is 0.205. The van der Waals surface area contributed by atoms with E-state index < -0.39 is 0 Å². The van der Waals surface area contributed by atoms with Gasteiger partial charge < -0.3 is 29.9 Å². The van der Waals surface area contributed by atoms with Gasteiger partial charge in [0.05, 0.1) is 5.56 Å². The lowest BCUT2D eigenvalue weighted by Crippen LogP contribution is -2.54.